The van der Waals surface area contributed by atoms with Crippen molar-refractivity contribution in [1.82, 2.24) is 14.5 Å². The third kappa shape index (κ3) is 5.34. The maximum absolute atomic E-state index is 14.4. The highest BCUT2D eigenvalue weighted by molar-refractivity contribution is 7.22. The van der Waals surface area contributed by atoms with Crippen LogP contribution in [0.1, 0.15) is 43.0 Å². The standard InChI is InChI=1S/C27H31FN6O5S/c1-6-8-13-39-21(18-14-17(28)9-10-20(18)38-5)15-32-26-22(16(3)25(40-26)34(29-4)31-7-2)24(36)33(27(32)37)19-11-12-30-23(19)35/h6-7,9-10,14,19,21H,1,4,8,11-13,15H2,2-3,5H3,(H,30,35)/b31-7-/t19-,21+/m1/s1. The number of ether oxygens (including phenoxy) is 2. The van der Waals surface area contributed by atoms with E-state index in [2.05, 4.69) is 28.8 Å². The Morgan fingerprint density at radius 2 is 2.12 bits per heavy atom. The first-order valence-electron chi connectivity index (χ1n) is 12.6. The third-order valence-electron chi connectivity index (χ3n) is 6.62. The van der Waals surface area contributed by atoms with Gasteiger partial charge in [-0.1, -0.05) is 17.4 Å². The first kappa shape index (κ1) is 28.9. The minimum absolute atomic E-state index is 0.0983. The van der Waals surface area contributed by atoms with Gasteiger partial charge in [0.25, 0.3) is 5.56 Å². The normalized spacial score (nSPS) is 15.9. The summed E-state index contributed by atoms with van der Waals surface area (Å²) >= 11 is 1.13. The lowest BCUT2D eigenvalue weighted by molar-refractivity contribution is -0.122. The number of methoxy groups -OCH3 is 1. The number of benzene rings is 1. The van der Waals surface area contributed by atoms with E-state index in [0.29, 0.717) is 39.7 Å². The van der Waals surface area contributed by atoms with Gasteiger partial charge < -0.3 is 14.8 Å². The molecule has 0 spiro atoms. The van der Waals surface area contributed by atoms with E-state index < -0.39 is 35.1 Å². The number of hydrogen-bond acceptors (Lipinski definition) is 9. The summed E-state index contributed by atoms with van der Waals surface area (Å²) in [4.78, 5) is 40.8. The van der Waals surface area contributed by atoms with Crippen molar-refractivity contribution in [2.24, 2.45) is 10.2 Å². The fourth-order valence-corrected chi connectivity index (χ4v) is 5.96. The predicted octanol–water partition coefficient (Wildman–Crippen LogP) is 3.50. The molecule has 40 heavy (non-hydrogen) atoms. The maximum Gasteiger partial charge on any atom is 0.332 e. The number of thiophene rings is 1. The van der Waals surface area contributed by atoms with E-state index in [1.165, 1.54) is 41.2 Å². The first-order chi connectivity index (χ1) is 19.3. The number of anilines is 1. The number of carbonyl (C=O) groups excluding carboxylic acids is 1. The van der Waals surface area contributed by atoms with E-state index in [9.17, 15) is 18.8 Å². The van der Waals surface area contributed by atoms with Crippen LogP contribution >= 0.6 is 11.3 Å². The molecule has 0 unspecified atom stereocenters. The van der Waals surface area contributed by atoms with Crippen molar-refractivity contribution in [3.63, 3.8) is 0 Å². The molecule has 2 aromatic heterocycles. The number of hydrazone groups is 2. The Morgan fingerprint density at radius 1 is 1.35 bits per heavy atom. The SMILES string of the molecule is C=CCCO[C@@H](Cn1c(=O)n([C@@H]2CCNC2=O)c(=O)c2c(C)c(N(N=C)/N=C\C)sc21)c1cc(F)ccc1OC. The highest BCUT2D eigenvalue weighted by atomic mass is 32.1. The molecule has 11 nitrogen and oxygen atoms in total. The number of aryl methyl sites for hydroxylation is 1. The lowest BCUT2D eigenvalue weighted by atomic mass is 10.1. The largest absolute Gasteiger partial charge is 0.496 e. The Hall–Kier alpha value is -4.10. The highest BCUT2D eigenvalue weighted by Crippen LogP contribution is 2.38. The average molecular weight is 571 g/mol. The number of carbonyl (C=O) groups is 1. The minimum Gasteiger partial charge on any atom is -0.496 e. The van der Waals surface area contributed by atoms with Crippen LogP contribution in [0.25, 0.3) is 10.2 Å². The molecule has 4 rings (SSSR count). The quantitative estimate of drug-likeness (QED) is 0.154. The summed E-state index contributed by atoms with van der Waals surface area (Å²) in [6.07, 6.45) is 3.16. The molecule has 1 saturated heterocycles. The Morgan fingerprint density at radius 3 is 2.75 bits per heavy atom. The van der Waals surface area contributed by atoms with Gasteiger partial charge in [0.05, 0.1) is 25.6 Å². The van der Waals surface area contributed by atoms with Crippen LogP contribution in [0.15, 0.2) is 50.6 Å². The van der Waals surface area contributed by atoms with Crippen LogP contribution in [0.5, 0.6) is 5.75 Å². The second-order valence-corrected chi connectivity index (χ2v) is 9.98. The molecular weight excluding hydrogens is 539 g/mol. The van der Waals surface area contributed by atoms with Crippen molar-refractivity contribution in [2.45, 2.75) is 45.4 Å². The lowest BCUT2D eigenvalue weighted by Gasteiger charge is -2.23. The number of halogens is 1. The van der Waals surface area contributed by atoms with Crippen LogP contribution in [0.3, 0.4) is 0 Å². The van der Waals surface area contributed by atoms with E-state index >= 15 is 0 Å². The Balaban J connectivity index is 2.00. The van der Waals surface area contributed by atoms with Crippen molar-refractivity contribution in [2.75, 3.05) is 25.4 Å². The molecule has 3 heterocycles. The lowest BCUT2D eigenvalue weighted by Crippen LogP contribution is -2.44. The second kappa shape index (κ2) is 12.4. The van der Waals surface area contributed by atoms with Crippen molar-refractivity contribution >= 4 is 45.4 Å². The maximum atomic E-state index is 14.4. The number of hydrogen-bond donors (Lipinski definition) is 1. The van der Waals surface area contributed by atoms with Crippen molar-refractivity contribution in [1.29, 1.82) is 0 Å². The van der Waals surface area contributed by atoms with Gasteiger partial charge in [0, 0.05) is 30.6 Å². The van der Waals surface area contributed by atoms with Crippen LogP contribution in [-0.4, -0.2) is 48.2 Å². The van der Waals surface area contributed by atoms with E-state index in [0.717, 1.165) is 15.9 Å². The Labute approximate surface area is 233 Å². The monoisotopic (exact) mass is 570 g/mol. The Kier molecular flexibility index (Phi) is 8.95. The van der Waals surface area contributed by atoms with Gasteiger partial charge in [0.2, 0.25) is 5.91 Å². The zero-order valence-electron chi connectivity index (χ0n) is 22.6. The van der Waals surface area contributed by atoms with Crippen molar-refractivity contribution < 1.29 is 18.7 Å². The van der Waals surface area contributed by atoms with Gasteiger partial charge in [-0.3, -0.25) is 14.2 Å². The smallest absolute Gasteiger partial charge is 0.332 e. The molecular formula is C27H31FN6O5S. The van der Waals surface area contributed by atoms with E-state index in [1.807, 2.05) is 0 Å². The molecule has 0 saturated carbocycles. The van der Waals surface area contributed by atoms with Crippen molar-refractivity contribution in [3.05, 3.63) is 68.6 Å². The molecule has 0 bridgehead atoms. The van der Waals surface area contributed by atoms with Crippen molar-refractivity contribution in [3.8, 4) is 5.75 Å². The van der Waals surface area contributed by atoms with Gasteiger partial charge in [0.15, 0.2) is 0 Å². The summed E-state index contributed by atoms with van der Waals surface area (Å²) in [5.74, 6) is -0.536. The van der Waals surface area contributed by atoms with E-state index in [1.54, 1.807) is 19.9 Å². The predicted molar refractivity (Wildman–Crippen MR) is 154 cm³/mol. The molecule has 212 valence electrons. The fourth-order valence-electron chi connectivity index (χ4n) is 4.73. The van der Waals surface area contributed by atoms with Gasteiger partial charge in [0.1, 0.15) is 33.5 Å². The zero-order chi connectivity index (χ0) is 29.0. The molecule has 1 aromatic carbocycles. The first-order valence-corrected chi connectivity index (χ1v) is 13.5. The summed E-state index contributed by atoms with van der Waals surface area (Å²) in [7, 11) is 1.46. The number of fused-ring (bicyclic) bond motifs is 1. The second-order valence-electron chi connectivity index (χ2n) is 9.00. The van der Waals surface area contributed by atoms with Gasteiger partial charge in [-0.15, -0.1) is 11.7 Å². The topological polar surface area (TPSA) is 120 Å². The number of nitrogens with zero attached hydrogens (tertiary/aromatic N) is 5. The molecule has 0 aliphatic carbocycles. The van der Waals surface area contributed by atoms with Gasteiger partial charge >= 0.3 is 5.69 Å². The molecule has 2 atom stereocenters. The molecule has 1 fully saturated rings. The number of aromatic nitrogens is 2. The fraction of sp³-hybridized carbons (Fsp3) is 0.370. The molecule has 1 aliphatic rings. The number of amides is 1. The zero-order valence-corrected chi connectivity index (χ0v) is 23.4. The molecule has 1 amide bonds. The molecule has 0 radical (unpaired) electrons. The average Bonchev–Trinajstić information content (AvgIpc) is 3.51. The third-order valence-corrected chi connectivity index (χ3v) is 7.90. The summed E-state index contributed by atoms with van der Waals surface area (Å²) in [5, 5.41) is 12.8. The highest BCUT2D eigenvalue weighted by Gasteiger charge is 2.33. The minimum atomic E-state index is -0.968. The van der Waals surface area contributed by atoms with E-state index in [4.69, 9.17) is 9.47 Å². The van der Waals surface area contributed by atoms with Crippen LogP contribution in [-0.2, 0) is 16.1 Å². The molecule has 1 N–H and O–H groups in total. The van der Waals surface area contributed by atoms with Gasteiger partial charge in [-0.25, -0.2) is 13.8 Å². The Bertz CT molecular complexity index is 1590. The van der Waals surface area contributed by atoms with E-state index in [-0.39, 0.29) is 25.0 Å². The molecule has 1 aliphatic heterocycles. The summed E-state index contributed by atoms with van der Waals surface area (Å²) in [6.45, 7) is 11.2. The van der Waals surface area contributed by atoms with Crippen LogP contribution in [0.2, 0.25) is 0 Å². The summed E-state index contributed by atoms with van der Waals surface area (Å²) in [6, 6.07) is 3.08. The van der Waals surface area contributed by atoms with Crippen LogP contribution < -0.4 is 26.4 Å². The summed E-state index contributed by atoms with van der Waals surface area (Å²) < 4.78 is 28.4. The van der Waals surface area contributed by atoms with Gasteiger partial charge in [-0.05, 0) is 44.9 Å². The van der Waals surface area contributed by atoms with Crippen LogP contribution in [0, 0.1) is 12.7 Å². The summed E-state index contributed by atoms with van der Waals surface area (Å²) in [5.41, 5.74) is -0.356. The van der Waals surface area contributed by atoms with Gasteiger partial charge in [-0.2, -0.15) is 10.2 Å². The number of nitrogens with one attached hydrogen (secondary N) is 1. The number of rotatable bonds is 12. The van der Waals surface area contributed by atoms with Crippen LogP contribution in [0.4, 0.5) is 9.39 Å². The molecule has 13 heteroatoms. The molecule has 3 aromatic rings.